The Balaban J connectivity index is 1.64. The fourth-order valence-electron chi connectivity index (χ4n) is 4.29. The van der Waals surface area contributed by atoms with Crippen molar-refractivity contribution >= 4 is 29.2 Å². The molecule has 4 rings (SSSR count). The molecule has 1 aliphatic rings. The topological polar surface area (TPSA) is 49.8 Å². The molecule has 1 aliphatic heterocycles. The Bertz CT molecular complexity index is 1060. The zero-order valence-electron chi connectivity index (χ0n) is 17.6. The number of nitrogens with zero attached hydrogens (tertiary/aromatic N) is 1. The number of piperidine rings is 1. The van der Waals surface area contributed by atoms with Gasteiger partial charge in [0.1, 0.15) is 18.4 Å². The molecule has 4 nitrogen and oxygen atoms in total. The van der Waals surface area contributed by atoms with Gasteiger partial charge in [0.15, 0.2) is 0 Å². The van der Waals surface area contributed by atoms with Gasteiger partial charge in [0, 0.05) is 10.0 Å². The quantitative estimate of drug-likeness (QED) is 0.423. The maximum atomic E-state index is 12.0. The van der Waals surface area contributed by atoms with Crippen molar-refractivity contribution in [2.24, 2.45) is 0 Å². The minimum absolute atomic E-state index is 0.288. The van der Waals surface area contributed by atoms with E-state index < -0.39 is 12.0 Å². The average molecular weight is 470 g/mol. The Hall–Kier alpha value is -2.53. The summed E-state index contributed by atoms with van der Waals surface area (Å²) in [5.41, 5.74) is 2.91. The first-order chi connectivity index (χ1) is 15.5. The van der Waals surface area contributed by atoms with Gasteiger partial charge in [-0.15, -0.1) is 0 Å². The zero-order chi connectivity index (χ0) is 22.5. The number of hydrogen-bond acceptors (Lipinski definition) is 3. The van der Waals surface area contributed by atoms with Crippen LogP contribution < -0.4 is 4.74 Å². The van der Waals surface area contributed by atoms with Crippen molar-refractivity contribution in [1.29, 1.82) is 0 Å². The normalized spacial score (nSPS) is 17.6. The number of likely N-dealkylation sites (tertiary alicyclic amines) is 1. The van der Waals surface area contributed by atoms with Gasteiger partial charge in [-0.2, -0.15) is 0 Å². The third-order valence-corrected chi connectivity index (χ3v) is 6.42. The average Bonchev–Trinajstić information content (AvgIpc) is 2.81. The summed E-state index contributed by atoms with van der Waals surface area (Å²) in [6.07, 6.45) is 2.47. The second-order valence-corrected chi connectivity index (χ2v) is 8.84. The number of benzene rings is 3. The number of aliphatic carboxylic acids is 1. The van der Waals surface area contributed by atoms with Gasteiger partial charge in [-0.25, -0.2) is 0 Å². The number of carboxylic acids is 1. The molecule has 3 aromatic carbocycles. The Morgan fingerprint density at radius 3 is 2.47 bits per heavy atom. The van der Waals surface area contributed by atoms with Crippen molar-refractivity contribution in [1.82, 2.24) is 4.90 Å². The van der Waals surface area contributed by atoms with Crippen molar-refractivity contribution in [2.45, 2.75) is 38.0 Å². The van der Waals surface area contributed by atoms with Crippen molar-refractivity contribution in [2.75, 3.05) is 6.54 Å². The van der Waals surface area contributed by atoms with Gasteiger partial charge in [0.2, 0.25) is 0 Å². The molecule has 2 unspecified atom stereocenters. The summed E-state index contributed by atoms with van der Waals surface area (Å²) in [6, 6.07) is 22.4. The smallest absolute Gasteiger partial charge is 0.320 e. The van der Waals surface area contributed by atoms with Crippen molar-refractivity contribution < 1.29 is 14.6 Å². The molecule has 0 radical (unpaired) electrons. The number of carbonyl (C=O) groups is 1. The molecule has 6 heteroatoms. The number of halogens is 2. The van der Waals surface area contributed by atoms with Crippen LogP contribution in [0.2, 0.25) is 10.0 Å². The fourth-order valence-corrected chi connectivity index (χ4v) is 4.80. The van der Waals surface area contributed by atoms with Gasteiger partial charge in [-0.3, -0.25) is 9.69 Å². The first-order valence-corrected chi connectivity index (χ1v) is 11.5. The first kappa shape index (κ1) is 22.7. The van der Waals surface area contributed by atoms with E-state index >= 15 is 0 Å². The summed E-state index contributed by atoms with van der Waals surface area (Å²) in [5, 5.41) is 11.0. The molecule has 0 aliphatic carbocycles. The predicted octanol–water partition coefficient (Wildman–Crippen LogP) is 6.60. The Morgan fingerprint density at radius 2 is 1.78 bits per heavy atom. The second kappa shape index (κ2) is 10.4. The van der Waals surface area contributed by atoms with E-state index in [1.165, 1.54) is 0 Å². The van der Waals surface area contributed by atoms with E-state index in [0.717, 1.165) is 35.3 Å². The van der Waals surface area contributed by atoms with E-state index in [2.05, 4.69) is 0 Å². The fraction of sp³-hybridized carbons (Fsp3) is 0.269. The molecular formula is C26H25Cl2NO3. The monoisotopic (exact) mass is 469 g/mol. The van der Waals surface area contributed by atoms with Crippen molar-refractivity contribution in [3.05, 3.63) is 99.5 Å². The Labute approximate surface area is 198 Å². The molecule has 1 fully saturated rings. The molecule has 2 atom stereocenters. The Kier molecular flexibility index (Phi) is 7.36. The van der Waals surface area contributed by atoms with E-state index in [-0.39, 0.29) is 6.04 Å². The highest BCUT2D eigenvalue weighted by Crippen LogP contribution is 2.38. The van der Waals surface area contributed by atoms with Crippen LogP contribution in [-0.4, -0.2) is 28.6 Å². The van der Waals surface area contributed by atoms with Crippen LogP contribution in [-0.2, 0) is 11.4 Å². The lowest BCUT2D eigenvalue weighted by Crippen LogP contribution is -2.46. The first-order valence-electron chi connectivity index (χ1n) is 10.7. The standard InChI is InChI=1S/C26H25Cl2NO3/c27-20-11-14-22(23(28)16-20)25(29-15-5-4-8-24(29)26(30)31)19-9-12-21(13-10-19)32-17-18-6-2-1-3-7-18/h1-3,6-7,9-14,16,24-25H,4-5,8,15,17H2,(H,30,31). The van der Waals surface area contributed by atoms with Gasteiger partial charge in [-0.1, -0.05) is 78.2 Å². The van der Waals surface area contributed by atoms with Crippen LogP contribution in [0.25, 0.3) is 0 Å². The van der Waals surface area contributed by atoms with Crippen LogP contribution in [0, 0.1) is 0 Å². The predicted molar refractivity (Wildman–Crippen MR) is 128 cm³/mol. The minimum atomic E-state index is -0.803. The van der Waals surface area contributed by atoms with Gasteiger partial charge in [-0.05, 0) is 60.3 Å². The zero-order valence-corrected chi connectivity index (χ0v) is 19.1. The molecule has 32 heavy (non-hydrogen) atoms. The SMILES string of the molecule is O=C(O)C1CCCCN1C(c1ccc(OCc2ccccc2)cc1)c1ccc(Cl)cc1Cl. The van der Waals surface area contributed by atoms with Gasteiger partial charge >= 0.3 is 5.97 Å². The molecule has 0 amide bonds. The van der Waals surface area contributed by atoms with Gasteiger partial charge in [0.25, 0.3) is 0 Å². The summed E-state index contributed by atoms with van der Waals surface area (Å²) in [5.74, 6) is -0.0467. The molecule has 1 saturated heterocycles. The third kappa shape index (κ3) is 5.26. The largest absolute Gasteiger partial charge is 0.489 e. The molecule has 0 spiro atoms. The summed E-state index contributed by atoms with van der Waals surface area (Å²) < 4.78 is 5.93. The highest BCUT2D eigenvalue weighted by atomic mass is 35.5. The van der Waals surface area contributed by atoms with Gasteiger partial charge < -0.3 is 9.84 Å². The van der Waals surface area contributed by atoms with Gasteiger partial charge in [0.05, 0.1) is 6.04 Å². The summed E-state index contributed by atoms with van der Waals surface area (Å²) in [6.45, 7) is 1.17. The van der Waals surface area contributed by atoms with Crippen LogP contribution in [0.5, 0.6) is 5.75 Å². The number of ether oxygens (including phenoxy) is 1. The number of hydrogen-bond donors (Lipinski definition) is 1. The van der Waals surface area contributed by atoms with Crippen LogP contribution in [0.4, 0.5) is 0 Å². The molecule has 0 saturated carbocycles. The molecule has 1 heterocycles. The maximum Gasteiger partial charge on any atom is 0.320 e. The lowest BCUT2D eigenvalue weighted by atomic mass is 9.91. The summed E-state index contributed by atoms with van der Waals surface area (Å²) in [7, 11) is 0. The Morgan fingerprint density at radius 1 is 1.03 bits per heavy atom. The van der Waals surface area contributed by atoms with E-state index in [9.17, 15) is 9.90 Å². The minimum Gasteiger partial charge on any atom is -0.489 e. The maximum absolute atomic E-state index is 12.0. The molecule has 1 N–H and O–H groups in total. The summed E-state index contributed by atoms with van der Waals surface area (Å²) >= 11 is 12.7. The molecule has 0 bridgehead atoms. The second-order valence-electron chi connectivity index (χ2n) is 8.00. The highest BCUT2D eigenvalue weighted by molar-refractivity contribution is 6.35. The lowest BCUT2D eigenvalue weighted by molar-refractivity contribution is -0.145. The van der Waals surface area contributed by atoms with Crippen LogP contribution in [0.15, 0.2) is 72.8 Å². The van der Waals surface area contributed by atoms with E-state index in [0.29, 0.717) is 29.6 Å². The highest BCUT2D eigenvalue weighted by Gasteiger charge is 2.35. The molecule has 0 aromatic heterocycles. The lowest BCUT2D eigenvalue weighted by Gasteiger charge is -2.40. The van der Waals surface area contributed by atoms with Crippen LogP contribution in [0.3, 0.4) is 0 Å². The van der Waals surface area contributed by atoms with E-state index in [1.54, 1.807) is 12.1 Å². The van der Waals surface area contributed by atoms with E-state index in [1.807, 2.05) is 65.6 Å². The van der Waals surface area contributed by atoms with Crippen LogP contribution in [0.1, 0.15) is 42.0 Å². The molecule has 166 valence electrons. The summed E-state index contributed by atoms with van der Waals surface area (Å²) in [4.78, 5) is 14.1. The number of rotatable bonds is 7. The third-order valence-electron chi connectivity index (χ3n) is 5.86. The number of carboxylic acid groups (broad SMARTS) is 1. The van der Waals surface area contributed by atoms with Crippen molar-refractivity contribution in [3.8, 4) is 5.75 Å². The van der Waals surface area contributed by atoms with E-state index in [4.69, 9.17) is 27.9 Å². The molecule has 3 aromatic rings. The van der Waals surface area contributed by atoms with Crippen molar-refractivity contribution in [3.63, 3.8) is 0 Å². The molecular weight excluding hydrogens is 445 g/mol. The van der Waals surface area contributed by atoms with Crippen LogP contribution >= 0.6 is 23.2 Å².